The Balaban J connectivity index is 2.37. The van der Waals surface area contributed by atoms with Crippen LogP contribution in [0.4, 0.5) is 18.9 Å². The first-order chi connectivity index (χ1) is 9.97. The Morgan fingerprint density at radius 3 is 2.62 bits per heavy atom. The lowest BCUT2D eigenvalue weighted by atomic mass is 10.0. The van der Waals surface area contributed by atoms with E-state index in [0.717, 1.165) is 31.5 Å². The second-order valence-electron chi connectivity index (χ2n) is 5.65. The number of nitrogens with zero attached hydrogens (tertiary/aromatic N) is 1. The van der Waals surface area contributed by atoms with Gasteiger partial charge in [0.25, 0.3) is 0 Å². The highest BCUT2D eigenvalue weighted by molar-refractivity contribution is 5.56. The van der Waals surface area contributed by atoms with Gasteiger partial charge in [0.1, 0.15) is 0 Å². The first-order valence-electron chi connectivity index (χ1n) is 7.64. The minimum absolute atomic E-state index is 0.131. The van der Waals surface area contributed by atoms with Crippen LogP contribution >= 0.6 is 0 Å². The molecule has 1 fully saturated rings. The van der Waals surface area contributed by atoms with Crippen molar-refractivity contribution in [3.8, 4) is 0 Å². The third kappa shape index (κ3) is 3.70. The molecule has 1 aliphatic heterocycles. The van der Waals surface area contributed by atoms with Gasteiger partial charge >= 0.3 is 6.18 Å². The van der Waals surface area contributed by atoms with Gasteiger partial charge in [0.15, 0.2) is 0 Å². The highest BCUT2D eigenvalue weighted by Gasteiger charge is 2.31. The molecule has 0 spiro atoms. The Labute approximate surface area is 124 Å². The van der Waals surface area contributed by atoms with Gasteiger partial charge in [-0.3, -0.25) is 0 Å². The Bertz CT molecular complexity index is 471. The van der Waals surface area contributed by atoms with Crippen molar-refractivity contribution in [1.29, 1.82) is 0 Å². The average molecular weight is 300 g/mol. The highest BCUT2D eigenvalue weighted by Crippen LogP contribution is 2.34. The molecule has 0 aromatic heterocycles. The minimum atomic E-state index is -4.31. The number of halogens is 3. The first kappa shape index (κ1) is 16.1. The largest absolute Gasteiger partial charge is 0.416 e. The molecule has 21 heavy (non-hydrogen) atoms. The quantitative estimate of drug-likeness (QED) is 0.900. The molecule has 1 unspecified atom stereocenters. The zero-order valence-corrected chi connectivity index (χ0v) is 12.4. The van der Waals surface area contributed by atoms with Crippen molar-refractivity contribution < 1.29 is 13.2 Å². The monoisotopic (exact) mass is 300 g/mol. The van der Waals surface area contributed by atoms with E-state index in [1.165, 1.54) is 25.0 Å². The number of nitrogens with two attached hydrogens (primary N) is 1. The Kier molecular flexibility index (Phi) is 5.14. The standard InChI is InChI=1S/C16H23F3N2/c1-2-14-6-4-3-5-9-21(14)15-8-7-13(16(17,18)19)10-12(15)11-20/h7-8,10,14H,2-6,9,11,20H2,1H3. The number of alkyl halides is 3. The second kappa shape index (κ2) is 6.69. The Hall–Kier alpha value is -1.23. The van der Waals surface area contributed by atoms with Crippen LogP contribution in [0.2, 0.25) is 0 Å². The summed E-state index contributed by atoms with van der Waals surface area (Å²) in [6.07, 6.45) is 1.25. The Morgan fingerprint density at radius 2 is 2.00 bits per heavy atom. The molecule has 2 rings (SSSR count). The lowest BCUT2D eigenvalue weighted by molar-refractivity contribution is -0.137. The molecule has 0 bridgehead atoms. The van der Waals surface area contributed by atoms with Crippen LogP contribution in [0.5, 0.6) is 0 Å². The third-order valence-corrected chi connectivity index (χ3v) is 4.28. The fourth-order valence-electron chi connectivity index (χ4n) is 3.12. The van der Waals surface area contributed by atoms with Gasteiger partial charge in [-0.2, -0.15) is 13.2 Å². The van der Waals surface area contributed by atoms with Crippen LogP contribution in [0, 0.1) is 0 Å². The number of benzene rings is 1. The van der Waals surface area contributed by atoms with E-state index in [0.29, 0.717) is 11.6 Å². The fourth-order valence-corrected chi connectivity index (χ4v) is 3.12. The van der Waals surface area contributed by atoms with Crippen molar-refractivity contribution in [3.05, 3.63) is 29.3 Å². The first-order valence-corrected chi connectivity index (χ1v) is 7.64. The molecule has 0 amide bonds. The van der Waals surface area contributed by atoms with E-state index in [9.17, 15) is 13.2 Å². The molecular weight excluding hydrogens is 277 g/mol. The van der Waals surface area contributed by atoms with Crippen LogP contribution in [-0.2, 0) is 12.7 Å². The van der Waals surface area contributed by atoms with Crippen molar-refractivity contribution >= 4 is 5.69 Å². The lowest BCUT2D eigenvalue weighted by Gasteiger charge is -2.33. The highest BCUT2D eigenvalue weighted by atomic mass is 19.4. The summed E-state index contributed by atoms with van der Waals surface area (Å²) in [5.41, 5.74) is 6.55. The summed E-state index contributed by atoms with van der Waals surface area (Å²) in [6.45, 7) is 3.16. The smallest absolute Gasteiger partial charge is 0.368 e. The molecule has 2 N–H and O–H groups in total. The van der Waals surface area contributed by atoms with Gasteiger partial charge in [-0.1, -0.05) is 19.8 Å². The molecule has 1 heterocycles. The molecule has 1 aromatic rings. The van der Waals surface area contributed by atoms with E-state index >= 15 is 0 Å². The van der Waals surface area contributed by atoms with Crippen molar-refractivity contribution in [3.63, 3.8) is 0 Å². The van der Waals surface area contributed by atoms with Gasteiger partial charge in [0.05, 0.1) is 5.56 Å². The van der Waals surface area contributed by atoms with E-state index in [1.807, 2.05) is 0 Å². The number of rotatable bonds is 3. The molecule has 1 atom stereocenters. The number of hydrogen-bond donors (Lipinski definition) is 1. The minimum Gasteiger partial charge on any atom is -0.368 e. The van der Waals surface area contributed by atoms with Crippen LogP contribution in [0.15, 0.2) is 18.2 Å². The van der Waals surface area contributed by atoms with Gasteiger partial charge in [0.2, 0.25) is 0 Å². The summed E-state index contributed by atoms with van der Waals surface area (Å²) >= 11 is 0. The molecule has 0 radical (unpaired) electrons. The predicted molar refractivity (Wildman–Crippen MR) is 79.2 cm³/mol. The van der Waals surface area contributed by atoms with Crippen LogP contribution in [-0.4, -0.2) is 12.6 Å². The van der Waals surface area contributed by atoms with Crippen LogP contribution < -0.4 is 10.6 Å². The van der Waals surface area contributed by atoms with Gasteiger partial charge < -0.3 is 10.6 Å². The van der Waals surface area contributed by atoms with Crippen LogP contribution in [0.25, 0.3) is 0 Å². The SMILES string of the molecule is CCC1CCCCCN1c1ccc(C(F)(F)F)cc1CN. The third-order valence-electron chi connectivity index (χ3n) is 4.28. The average Bonchev–Trinajstić information content (AvgIpc) is 2.70. The lowest BCUT2D eigenvalue weighted by Crippen LogP contribution is -2.35. The molecule has 1 aliphatic rings. The predicted octanol–water partition coefficient (Wildman–Crippen LogP) is 4.32. The summed E-state index contributed by atoms with van der Waals surface area (Å²) in [5.74, 6) is 0. The molecule has 2 nitrogen and oxygen atoms in total. The van der Waals surface area contributed by atoms with Crippen molar-refractivity contribution in [1.82, 2.24) is 0 Å². The molecule has 0 aliphatic carbocycles. The van der Waals surface area contributed by atoms with Crippen molar-refractivity contribution in [2.75, 3.05) is 11.4 Å². The van der Waals surface area contributed by atoms with Gasteiger partial charge in [-0.05, 0) is 43.0 Å². The van der Waals surface area contributed by atoms with Crippen molar-refractivity contribution in [2.24, 2.45) is 5.73 Å². The summed E-state index contributed by atoms with van der Waals surface area (Å²) in [6, 6.07) is 4.37. The zero-order valence-electron chi connectivity index (χ0n) is 12.4. The maximum atomic E-state index is 12.8. The number of anilines is 1. The summed E-state index contributed by atoms with van der Waals surface area (Å²) < 4.78 is 38.5. The van der Waals surface area contributed by atoms with Gasteiger partial charge in [-0.15, -0.1) is 0 Å². The molecule has 0 saturated carbocycles. The van der Waals surface area contributed by atoms with Crippen LogP contribution in [0.3, 0.4) is 0 Å². The second-order valence-corrected chi connectivity index (χ2v) is 5.65. The summed E-state index contributed by atoms with van der Waals surface area (Å²) in [5, 5.41) is 0. The van der Waals surface area contributed by atoms with E-state index in [-0.39, 0.29) is 6.54 Å². The normalized spacial score (nSPS) is 20.4. The van der Waals surface area contributed by atoms with E-state index in [1.54, 1.807) is 6.07 Å². The van der Waals surface area contributed by atoms with Crippen molar-refractivity contribution in [2.45, 2.75) is 57.8 Å². The fraction of sp³-hybridized carbons (Fsp3) is 0.625. The van der Waals surface area contributed by atoms with E-state index in [4.69, 9.17) is 5.73 Å². The molecule has 1 saturated heterocycles. The molecule has 5 heteroatoms. The van der Waals surface area contributed by atoms with Gasteiger partial charge in [0, 0.05) is 24.8 Å². The Morgan fingerprint density at radius 1 is 1.24 bits per heavy atom. The summed E-state index contributed by atoms with van der Waals surface area (Å²) in [4.78, 5) is 2.26. The van der Waals surface area contributed by atoms with E-state index in [2.05, 4.69) is 11.8 Å². The van der Waals surface area contributed by atoms with Gasteiger partial charge in [-0.25, -0.2) is 0 Å². The van der Waals surface area contributed by atoms with Crippen LogP contribution in [0.1, 0.15) is 50.2 Å². The maximum absolute atomic E-state index is 12.8. The summed E-state index contributed by atoms with van der Waals surface area (Å²) in [7, 11) is 0. The van der Waals surface area contributed by atoms with E-state index < -0.39 is 11.7 Å². The molecular formula is C16H23F3N2. The molecule has 118 valence electrons. The topological polar surface area (TPSA) is 29.3 Å². The maximum Gasteiger partial charge on any atom is 0.416 e. The molecule has 1 aromatic carbocycles. The zero-order chi connectivity index (χ0) is 15.5. The number of hydrogen-bond acceptors (Lipinski definition) is 2.